The number of carbonyl (C=O) groups is 2. The molecule has 0 aromatic rings. The van der Waals surface area contributed by atoms with Gasteiger partial charge in [-0.1, -0.05) is 25.5 Å². The van der Waals surface area contributed by atoms with Crippen LogP contribution in [-0.4, -0.2) is 47.9 Å². The summed E-state index contributed by atoms with van der Waals surface area (Å²) in [5, 5.41) is 11.3. The second kappa shape index (κ2) is 8.14. The second-order valence-electron chi connectivity index (χ2n) is 10.8. The number of aliphatic hydroxyl groups is 1. The van der Waals surface area contributed by atoms with E-state index in [1.807, 2.05) is 13.8 Å². The molecule has 0 heterocycles. The first kappa shape index (κ1) is 23.8. The first-order valence-electron chi connectivity index (χ1n) is 12.1. The quantitative estimate of drug-likeness (QED) is 0.617. The minimum atomic E-state index is -1.85. The Kier molecular flexibility index (Phi) is 6.05. The number of ketones is 2. The normalized spacial score (nSPS) is 46.2. The van der Waals surface area contributed by atoms with Crippen LogP contribution in [0.3, 0.4) is 0 Å². The van der Waals surface area contributed by atoms with Crippen LogP contribution in [0, 0.1) is 34.5 Å². The number of halogens is 1. The molecule has 178 valence electrons. The number of rotatable bonds is 6. The zero-order valence-electron chi connectivity index (χ0n) is 19.9. The molecule has 0 amide bonds. The van der Waals surface area contributed by atoms with Gasteiger partial charge in [0.15, 0.2) is 23.5 Å². The Morgan fingerprint density at radius 1 is 1.31 bits per heavy atom. The number of alkyl halides is 1. The number of fused-ring (bicyclic) bond motifs is 5. The van der Waals surface area contributed by atoms with E-state index in [0.717, 1.165) is 12.0 Å². The van der Waals surface area contributed by atoms with Gasteiger partial charge in [0.05, 0.1) is 6.10 Å². The Hall–Kier alpha value is -1.37. The van der Waals surface area contributed by atoms with E-state index in [-0.39, 0.29) is 48.3 Å². The predicted octanol–water partition coefficient (Wildman–Crippen LogP) is 4.19. The molecule has 0 saturated heterocycles. The lowest BCUT2D eigenvalue weighted by molar-refractivity contribution is -0.197. The molecular formula is C26H37FO5. The molecule has 0 radical (unpaired) electrons. The van der Waals surface area contributed by atoms with Crippen LogP contribution in [0.5, 0.6) is 0 Å². The monoisotopic (exact) mass is 448 g/mol. The number of hydrogen-bond donors (Lipinski definition) is 1. The van der Waals surface area contributed by atoms with Gasteiger partial charge < -0.3 is 14.6 Å². The maximum atomic E-state index is 17.1. The van der Waals surface area contributed by atoms with Crippen molar-refractivity contribution in [1.29, 1.82) is 0 Å². The number of hydrogen-bond acceptors (Lipinski definition) is 5. The third kappa shape index (κ3) is 3.28. The van der Waals surface area contributed by atoms with Gasteiger partial charge >= 0.3 is 0 Å². The molecule has 4 aliphatic rings. The van der Waals surface area contributed by atoms with Crippen molar-refractivity contribution in [1.82, 2.24) is 0 Å². The first-order chi connectivity index (χ1) is 15.0. The van der Waals surface area contributed by atoms with Crippen molar-refractivity contribution in [2.24, 2.45) is 34.5 Å². The maximum Gasteiger partial charge on any atom is 0.178 e. The molecular weight excluding hydrogens is 411 g/mol. The van der Waals surface area contributed by atoms with Crippen molar-refractivity contribution < 1.29 is 28.6 Å². The van der Waals surface area contributed by atoms with E-state index < -0.39 is 28.9 Å². The summed E-state index contributed by atoms with van der Waals surface area (Å²) in [7, 11) is 0. The van der Waals surface area contributed by atoms with Crippen molar-refractivity contribution in [3.8, 4) is 0 Å². The fourth-order valence-electron chi connectivity index (χ4n) is 7.84. The van der Waals surface area contributed by atoms with Crippen molar-refractivity contribution in [2.75, 3.05) is 13.2 Å². The van der Waals surface area contributed by atoms with Gasteiger partial charge in [-0.2, -0.15) is 0 Å². The largest absolute Gasteiger partial charge is 0.390 e. The van der Waals surface area contributed by atoms with E-state index in [1.165, 1.54) is 6.08 Å². The molecule has 0 bridgehead atoms. The molecule has 6 heteroatoms. The first-order valence-corrected chi connectivity index (χ1v) is 12.1. The van der Waals surface area contributed by atoms with Crippen molar-refractivity contribution in [3.05, 3.63) is 23.8 Å². The number of carbonyl (C=O) groups excluding carboxylic acids is 2. The Bertz CT molecular complexity index is 851. The number of allylic oxidation sites excluding steroid dienone is 4. The Balaban J connectivity index is 1.63. The predicted molar refractivity (Wildman–Crippen MR) is 118 cm³/mol. The van der Waals surface area contributed by atoms with Gasteiger partial charge in [0.25, 0.3) is 0 Å². The topological polar surface area (TPSA) is 72.8 Å². The molecule has 1 N–H and O–H groups in total. The highest BCUT2D eigenvalue weighted by Gasteiger charge is 2.71. The molecule has 0 aliphatic heterocycles. The van der Waals surface area contributed by atoms with Gasteiger partial charge in [-0.3, -0.25) is 9.59 Å². The molecule has 3 fully saturated rings. The van der Waals surface area contributed by atoms with Crippen LogP contribution in [0.4, 0.5) is 4.39 Å². The van der Waals surface area contributed by atoms with Crippen molar-refractivity contribution in [3.63, 3.8) is 0 Å². The highest BCUT2D eigenvalue weighted by molar-refractivity contribution is 6.01. The smallest absolute Gasteiger partial charge is 0.178 e. The molecule has 9 atom stereocenters. The summed E-state index contributed by atoms with van der Waals surface area (Å²) in [5.41, 5.74) is -2.55. The molecule has 1 unspecified atom stereocenters. The van der Waals surface area contributed by atoms with E-state index in [1.54, 1.807) is 19.1 Å². The third-order valence-electron chi connectivity index (χ3n) is 9.19. The molecule has 4 rings (SSSR count). The van der Waals surface area contributed by atoms with Crippen molar-refractivity contribution in [2.45, 2.75) is 78.4 Å². The van der Waals surface area contributed by atoms with E-state index in [4.69, 9.17) is 9.47 Å². The third-order valence-corrected chi connectivity index (χ3v) is 9.19. The summed E-state index contributed by atoms with van der Waals surface area (Å²) in [6.07, 6.45) is 5.23. The molecule has 0 spiro atoms. The van der Waals surface area contributed by atoms with Crippen LogP contribution in [0.25, 0.3) is 0 Å². The molecule has 4 aliphatic carbocycles. The van der Waals surface area contributed by atoms with E-state index in [2.05, 4.69) is 13.8 Å². The number of aliphatic hydroxyl groups excluding tert-OH is 1. The van der Waals surface area contributed by atoms with Gasteiger partial charge in [-0.25, -0.2) is 4.39 Å². The highest BCUT2D eigenvalue weighted by Crippen LogP contribution is 2.69. The maximum absolute atomic E-state index is 17.1. The molecule has 5 nitrogen and oxygen atoms in total. The van der Waals surface area contributed by atoms with Gasteiger partial charge in [0.1, 0.15) is 6.61 Å². The summed E-state index contributed by atoms with van der Waals surface area (Å²) in [6, 6.07) is 0. The number of Topliss-reactive ketones (excluding diaryl/α,β-unsaturated/α-hetero) is 1. The van der Waals surface area contributed by atoms with E-state index in [9.17, 15) is 14.7 Å². The van der Waals surface area contributed by atoms with Crippen LogP contribution in [0.2, 0.25) is 0 Å². The Labute approximate surface area is 190 Å². The van der Waals surface area contributed by atoms with E-state index >= 15 is 4.39 Å². The summed E-state index contributed by atoms with van der Waals surface area (Å²) in [4.78, 5) is 25.2. The zero-order chi connectivity index (χ0) is 23.5. The van der Waals surface area contributed by atoms with Gasteiger partial charge in [-0.15, -0.1) is 0 Å². The molecule has 0 aromatic heterocycles. The zero-order valence-corrected chi connectivity index (χ0v) is 19.9. The fraction of sp³-hybridized carbons (Fsp3) is 0.769. The van der Waals surface area contributed by atoms with Gasteiger partial charge in [-0.05, 0) is 75.9 Å². The lowest BCUT2D eigenvalue weighted by atomic mass is 9.45. The lowest BCUT2D eigenvalue weighted by Crippen LogP contribution is -2.66. The van der Waals surface area contributed by atoms with Gasteiger partial charge in [0.2, 0.25) is 0 Å². The summed E-state index contributed by atoms with van der Waals surface area (Å²) >= 11 is 0. The molecule has 0 aromatic carbocycles. The van der Waals surface area contributed by atoms with Crippen molar-refractivity contribution >= 4 is 11.6 Å². The van der Waals surface area contributed by atoms with Crippen LogP contribution in [0.15, 0.2) is 23.8 Å². The van der Waals surface area contributed by atoms with Crippen LogP contribution >= 0.6 is 0 Å². The van der Waals surface area contributed by atoms with E-state index in [0.29, 0.717) is 19.4 Å². The van der Waals surface area contributed by atoms with Gasteiger partial charge in [0, 0.05) is 23.9 Å². The lowest BCUT2D eigenvalue weighted by Gasteiger charge is -2.62. The summed E-state index contributed by atoms with van der Waals surface area (Å²) < 4.78 is 28.1. The number of ether oxygens (including phenoxy) is 2. The Morgan fingerprint density at radius 2 is 2.03 bits per heavy atom. The molecule has 3 saturated carbocycles. The fourth-order valence-corrected chi connectivity index (χ4v) is 7.84. The Morgan fingerprint density at radius 3 is 2.72 bits per heavy atom. The summed E-state index contributed by atoms with van der Waals surface area (Å²) in [6.45, 7) is 10.1. The van der Waals surface area contributed by atoms with Crippen LogP contribution in [0.1, 0.15) is 60.3 Å². The minimum absolute atomic E-state index is 0.00596. The summed E-state index contributed by atoms with van der Waals surface area (Å²) in [5.74, 6) is -0.664. The SMILES string of the molecule is CCOC(C)OCC(=O)[C@H]1[C@@H](C)C[C@@H]2[C@@H]3CCC4=CC(=O)C=C[C@]4(C)[C@]3(F)[C@@H](O)C[C@@]21C. The van der Waals surface area contributed by atoms with Crippen LogP contribution < -0.4 is 0 Å². The standard InChI is InChI=1S/C26H37FO5/c1-6-31-16(3)32-14-21(29)23-15(2)11-20-19-8-7-17-12-18(28)9-10-25(17,5)26(19,27)22(30)13-24(20,23)4/h9-10,12,15-16,19-20,22-23,30H,6-8,11,13-14H2,1-5H3/t15-,16?,19-,20+,22-,23+,24-,25-,26+/m0/s1. The molecule has 32 heavy (non-hydrogen) atoms. The van der Waals surface area contributed by atoms with Crippen LogP contribution in [-0.2, 0) is 19.1 Å². The average Bonchev–Trinajstić information content (AvgIpc) is 2.98. The minimum Gasteiger partial charge on any atom is -0.390 e. The highest BCUT2D eigenvalue weighted by atomic mass is 19.1. The second-order valence-corrected chi connectivity index (χ2v) is 10.8. The average molecular weight is 449 g/mol.